The first-order valence-corrected chi connectivity index (χ1v) is 25.7. The highest BCUT2D eigenvalue weighted by molar-refractivity contribution is 5.70. The zero-order valence-electron chi connectivity index (χ0n) is 40.4. The van der Waals surface area contributed by atoms with Gasteiger partial charge in [-0.05, 0) is 12.8 Å². The minimum atomic E-state index is -1.61. The summed E-state index contributed by atoms with van der Waals surface area (Å²) in [5.41, 5.74) is 0. The molecule has 0 saturated heterocycles. The summed E-state index contributed by atoms with van der Waals surface area (Å²) in [6.45, 7) is 4.73. The van der Waals surface area contributed by atoms with Gasteiger partial charge in [0.2, 0.25) is 0 Å². The Labute approximate surface area is 371 Å². The number of likely N-dealkylation sites (N-methyl/N-ethyl adjacent to an activating group) is 1. The van der Waals surface area contributed by atoms with Crippen molar-refractivity contribution in [2.24, 2.45) is 0 Å². The van der Waals surface area contributed by atoms with Gasteiger partial charge in [0.05, 0.1) is 40.3 Å². The van der Waals surface area contributed by atoms with Gasteiger partial charge in [0.25, 0.3) is 0 Å². The van der Waals surface area contributed by atoms with Crippen LogP contribution in [0.1, 0.15) is 251 Å². The molecule has 0 aliphatic heterocycles. The van der Waals surface area contributed by atoms with Gasteiger partial charge in [-0.3, -0.25) is 9.59 Å². The van der Waals surface area contributed by atoms with E-state index < -0.39 is 24.3 Å². The minimum absolute atomic E-state index is 0.152. The summed E-state index contributed by atoms with van der Waals surface area (Å²) in [5.74, 6) is -2.27. The number of carboxylic acid groups (broad SMARTS) is 1. The van der Waals surface area contributed by atoms with Gasteiger partial charge in [-0.15, -0.1) is 0 Å². The van der Waals surface area contributed by atoms with Gasteiger partial charge in [0, 0.05) is 12.8 Å². The molecule has 0 aliphatic carbocycles. The Morgan fingerprint density at radius 2 is 0.750 bits per heavy atom. The average molecular weight is 854 g/mol. The lowest BCUT2D eigenvalue weighted by Gasteiger charge is -2.26. The van der Waals surface area contributed by atoms with Crippen molar-refractivity contribution in [3.63, 3.8) is 0 Å². The van der Waals surface area contributed by atoms with Crippen LogP contribution < -0.4 is 5.11 Å². The summed E-state index contributed by atoms with van der Waals surface area (Å²) in [4.78, 5) is 36.8. The Bertz CT molecular complexity index is 954. The zero-order valence-corrected chi connectivity index (χ0v) is 40.4. The fourth-order valence-corrected chi connectivity index (χ4v) is 7.60. The Kier molecular flexibility index (Phi) is 42.7. The maximum Gasteiger partial charge on any atom is 0.306 e. The number of nitrogens with zero attached hydrogens (tertiary/aromatic N) is 1. The summed E-state index contributed by atoms with van der Waals surface area (Å²) in [7, 11) is 5.91. The highest BCUT2D eigenvalue weighted by atomic mass is 16.7. The lowest BCUT2D eigenvalue weighted by Crippen LogP contribution is -2.44. The molecule has 0 aromatic heterocycles. The van der Waals surface area contributed by atoms with Gasteiger partial charge < -0.3 is 33.3 Å². The molecule has 0 aromatic rings. The third kappa shape index (κ3) is 44.3. The Balaban J connectivity index is 4.01. The summed E-state index contributed by atoms with van der Waals surface area (Å²) in [5, 5.41) is 11.7. The second-order valence-electron chi connectivity index (χ2n) is 18.8. The fourth-order valence-electron chi connectivity index (χ4n) is 7.60. The monoisotopic (exact) mass is 854 g/mol. The first kappa shape index (κ1) is 58.3. The molecule has 0 aliphatic rings. The van der Waals surface area contributed by atoms with E-state index in [1.165, 1.54) is 186 Å². The number of carbonyl (C=O) groups excluding carboxylic acids is 3. The van der Waals surface area contributed by atoms with Gasteiger partial charge >= 0.3 is 11.9 Å². The van der Waals surface area contributed by atoms with Crippen molar-refractivity contribution in [3.05, 3.63) is 0 Å². The van der Waals surface area contributed by atoms with Crippen molar-refractivity contribution in [1.82, 2.24) is 0 Å². The molecular weight excluding hydrogens is 755 g/mol. The van der Waals surface area contributed by atoms with E-state index >= 15 is 0 Å². The zero-order chi connectivity index (χ0) is 44.2. The van der Waals surface area contributed by atoms with Crippen LogP contribution >= 0.6 is 0 Å². The van der Waals surface area contributed by atoms with Crippen LogP contribution in [-0.2, 0) is 33.3 Å². The number of rotatable bonds is 48. The van der Waals surface area contributed by atoms with Crippen LogP contribution in [0.4, 0.5) is 0 Å². The largest absolute Gasteiger partial charge is 0.545 e. The van der Waals surface area contributed by atoms with Crippen LogP contribution in [0.25, 0.3) is 0 Å². The Morgan fingerprint density at radius 3 is 1.07 bits per heavy atom. The van der Waals surface area contributed by atoms with E-state index in [1.807, 2.05) is 21.1 Å². The van der Waals surface area contributed by atoms with E-state index in [4.69, 9.17) is 18.9 Å². The highest BCUT2D eigenvalue weighted by Gasteiger charge is 2.22. The second-order valence-corrected chi connectivity index (χ2v) is 18.8. The molecule has 2 atom stereocenters. The van der Waals surface area contributed by atoms with E-state index in [2.05, 4.69) is 13.8 Å². The van der Waals surface area contributed by atoms with Crippen molar-refractivity contribution >= 4 is 17.9 Å². The summed E-state index contributed by atoms with van der Waals surface area (Å²) < 4.78 is 22.5. The maximum atomic E-state index is 12.7. The van der Waals surface area contributed by atoms with E-state index in [0.717, 1.165) is 38.5 Å². The third-order valence-electron chi connectivity index (χ3n) is 11.6. The Hall–Kier alpha value is -1.71. The molecule has 9 heteroatoms. The topological polar surface area (TPSA) is 111 Å². The molecule has 0 spiro atoms. The summed E-state index contributed by atoms with van der Waals surface area (Å²) >= 11 is 0. The molecule has 0 amide bonds. The van der Waals surface area contributed by atoms with Gasteiger partial charge in [0.15, 0.2) is 12.4 Å². The quantitative estimate of drug-likeness (QED) is 0.0257. The molecule has 0 rings (SSSR count). The van der Waals surface area contributed by atoms with Gasteiger partial charge in [-0.1, -0.05) is 226 Å². The first-order chi connectivity index (χ1) is 29.1. The molecule has 0 N–H and O–H groups in total. The standard InChI is InChI=1S/C51H99NO8/c1-6-8-10-12-14-15-16-17-18-19-20-21-22-23-24-25-26-27-28-29-30-31-32-33-34-36-38-40-42-49(54)60-47(45-58-48(53)41-39-37-35-13-11-9-7-2)46-59-51(50(55)56)57-44-43-52(3,4)5/h47,51H,6-46H2,1-5H3. The van der Waals surface area contributed by atoms with Crippen molar-refractivity contribution < 1.29 is 42.9 Å². The number of esters is 2. The predicted molar refractivity (Wildman–Crippen MR) is 247 cm³/mol. The number of carbonyl (C=O) groups is 3. The number of ether oxygens (including phenoxy) is 4. The van der Waals surface area contributed by atoms with Crippen LogP contribution in [-0.4, -0.2) is 82.3 Å². The number of carboxylic acids is 1. The molecule has 0 bridgehead atoms. The number of unbranched alkanes of at least 4 members (excludes halogenated alkanes) is 33. The van der Waals surface area contributed by atoms with E-state index in [0.29, 0.717) is 17.4 Å². The number of quaternary nitrogens is 1. The van der Waals surface area contributed by atoms with E-state index in [9.17, 15) is 19.5 Å². The van der Waals surface area contributed by atoms with Crippen molar-refractivity contribution in [1.29, 1.82) is 0 Å². The Morgan fingerprint density at radius 1 is 0.433 bits per heavy atom. The molecule has 60 heavy (non-hydrogen) atoms. The van der Waals surface area contributed by atoms with Crippen LogP contribution in [0.2, 0.25) is 0 Å². The first-order valence-electron chi connectivity index (χ1n) is 25.7. The predicted octanol–water partition coefficient (Wildman–Crippen LogP) is 12.7. The molecule has 0 heterocycles. The minimum Gasteiger partial charge on any atom is -0.545 e. The molecule has 0 aromatic carbocycles. The fraction of sp³-hybridized carbons (Fsp3) is 0.941. The van der Waals surface area contributed by atoms with Gasteiger partial charge in [0.1, 0.15) is 13.2 Å². The molecule has 0 radical (unpaired) electrons. The second kappa shape index (κ2) is 43.9. The average Bonchev–Trinajstić information content (AvgIpc) is 3.21. The number of hydrogen-bond donors (Lipinski definition) is 0. The molecule has 9 nitrogen and oxygen atoms in total. The van der Waals surface area contributed by atoms with E-state index in [-0.39, 0.29) is 32.2 Å². The molecular formula is C51H99NO8. The summed E-state index contributed by atoms with van der Waals surface area (Å²) in [6.07, 6.45) is 43.3. The summed E-state index contributed by atoms with van der Waals surface area (Å²) in [6, 6.07) is 0. The third-order valence-corrected chi connectivity index (χ3v) is 11.6. The smallest absolute Gasteiger partial charge is 0.306 e. The molecule has 0 saturated carbocycles. The van der Waals surface area contributed by atoms with Crippen molar-refractivity contribution in [3.8, 4) is 0 Å². The maximum absolute atomic E-state index is 12.7. The van der Waals surface area contributed by atoms with Crippen LogP contribution in [0.5, 0.6) is 0 Å². The van der Waals surface area contributed by atoms with Gasteiger partial charge in [-0.25, -0.2) is 0 Å². The van der Waals surface area contributed by atoms with Gasteiger partial charge in [-0.2, -0.15) is 0 Å². The van der Waals surface area contributed by atoms with Crippen LogP contribution in [0.3, 0.4) is 0 Å². The number of aliphatic carboxylic acids is 1. The highest BCUT2D eigenvalue weighted by Crippen LogP contribution is 2.17. The lowest BCUT2D eigenvalue weighted by molar-refractivity contribution is -0.870. The SMILES string of the molecule is CCCCCCCCCCCCCCCCCCCCCCCCCCCCCCC(=O)OC(COC(=O)CCCCCCCCC)COC(OCC[N+](C)(C)C)C(=O)[O-]. The van der Waals surface area contributed by atoms with Crippen molar-refractivity contribution in [2.75, 3.05) is 47.5 Å². The lowest BCUT2D eigenvalue weighted by atomic mass is 10.0. The van der Waals surface area contributed by atoms with Crippen molar-refractivity contribution in [2.45, 2.75) is 264 Å². The molecule has 2 unspecified atom stereocenters. The van der Waals surface area contributed by atoms with Crippen LogP contribution in [0.15, 0.2) is 0 Å². The molecule has 356 valence electrons. The molecule has 0 fully saturated rings. The normalized spacial score (nSPS) is 12.8. The van der Waals surface area contributed by atoms with Crippen LogP contribution in [0, 0.1) is 0 Å². The van der Waals surface area contributed by atoms with E-state index in [1.54, 1.807) is 0 Å². The number of hydrogen-bond acceptors (Lipinski definition) is 8.